The Morgan fingerprint density at radius 2 is 2.27 bits per heavy atom. The maximum Gasteiger partial charge on any atom is 1.00 e. The topological polar surface area (TPSA) is 189 Å². The minimum atomic E-state index is -1.32. The van der Waals surface area contributed by atoms with E-state index in [1.165, 1.54) is 42.5 Å². The maximum atomic E-state index is 12.9. The number of hydrogen-bond donors (Lipinski definition) is 2. The van der Waals surface area contributed by atoms with Crippen molar-refractivity contribution in [2.75, 3.05) is 31.9 Å². The first-order valence-electron chi connectivity index (χ1n) is 10.2. The van der Waals surface area contributed by atoms with Gasteiger partial charge in [-0.1, -0.05) is 11.2 Å². The Morgan fingerprint density at radius 3 is 2.92 bits per heavy atom. The predicted octanol–water partition coefficient (Wildman–Crippen LogP) is -2.49. The molecule has 1 saturated heterocycles. The number of aliphatic imine (C=N–C) groups is 1. The Hall–Kier alpha value is -2.92. The van der Waals surface area contributed by atoms with E-state index in [0.717, 1.165) is 16.2 Å². The Bertz CT molecular complexity index is 1290. The van der Waals surface area contributed by atoms with Crippen LogP contribution in [0.3, 0.4) is 0 Å². The van der Waals surface area contributed by atoms with Crippen molar-refractivity contribution in [1.29, 1.82) is 0 Å². The van der Waals surface area contributed by atoms with E-state index >= 15 is 0 Å². The van der Waals surface area contributed by atoms with Crippen molar-refractivity contribution in [1.82, 2.24) is 15.0 Å². The second-order valence-electron chi connectivity index (χ2n) is 7.10. The van der Waals surface area contributed by atoms with Crippen LogP contribution in [0.15, 0.2) is 43.5 Å². The van der Waals surface area contributed by atoms with Crippen molar-refractivity contribution in [3.63, 3.8) is 0 Å². The third-order valence-corrected chi connectivity index (χ3v) is 6.82. The number of oxime groups is 1. The fourth-order valence-corrected chi connectivity index (χ4v) is 5.20. The fraction of sp³-hybridized carbons (Fsp3) is 0.300. The van der Waals surface area contributed by atoms with Gasteiger partial charge in [0.25, 0.3) is 11.8 Å². The molecular formula is C20H18FN6NaO7S2. The predicted molar refractivity (Wildman–Crippen MR) is 126 cm³/mol. The van der Waals surface area contributed by atoms with Gasteiger partial charge >= 0.3 is 35.5 Å². The fourth-order valence-electron chi connectivity index (χ4n) is 3.35. The van der Waals surface area contributed by atoms with E-state index in [-0.39, 0.29) is 75.8 Å². The smallest absolute Gasteiger partial charge is 0.857 e. The first kappa shape index (κ1) is 28.6. The van der Waals surface area contributed by atoms with Crippen molar-refractivity contribution in [2.45, 2.75) is 11.4 Å². The number of nitrogens with zero attached hydrogens (tertiary/aromatic N) is 5. The minimum absolute atomic E-state index is 0. The van der Waals surface area contributed by atoms with E-state index in [2.05, 4.69) is 20.3 Å². The number of thiazole rings is 1. The van der Waals surface area contributed by atoms with E-state index in [9.17, 15) is 24.2 Å². The van der Waals surface area contributed by atoms with Crippen molar-refractivity contribution >= 4 is 57.8 Å². The van der Waals surface area contributed by atoms with Crippen LogP contribution in [0.1, 0.15) is 11.5 Å². The summed E-state index contributed by atoms with van der Waals surface area (Å²) in [7, 11) is 1.24. The van der Waals surface area contributed by atoms with E-state index in [1.807, 2.05) is 0 Å². The minimum Gasteiger partial charge on any atom is -0.857 e. The van der Waals surface area contributed by atoms with Crippen LogP contribution in [0.25, 0.3) is 6.08 Å². The standard InChI is InChI=1S/C20H19FN6O7S2.Na/c1-32-26-13(11-8-36-20(22)23-11)16(28)24-14-17(29)27-15(19(30)31)9(7-35-18(14)27)2-3-10-6-12(25-34-10)33-5-4-21;/h2-3,6,8,14,18H,4-5,7H2,1H3,(H2,22,23)(H,24,28)(H,30,31);/q;+1/p-1/b3-2+,26-13-;. The average Bonchev–Trinajstić information content (AvgIpc) is 3.50. The number of alkyl halides is 1. The van der Waals surface area contributed by atoms with Crippen LogP contribution in [0.4, 0.5) is 9.52 Å². The van der Waals surface area contributed by atoms with E-state index in [4.69, 9.17) is 19.8 Å². The summed E-state index contributed by atoms with van der Waals surface area (Å²) < 4.78 is 22.3. The monoisotopic (exact) mass is 560 g/mol. The normalized spacial score (nSPS) is 19.9. The van der Waals surface area contributed by atoms with Gasteiger partial charge in [-0.15, -0.1) is 23.1 Å². The molecule has 1 amide bonds. The summed E-state index contributed by atoms with van der Waals surface area (Å²) in [5, 5.41) is 30.8. The van der Waals surface area contributed by atoms with E-state index in [0.29, 0.717) is 5.57 Å². The molecule has 37 heavy (non-hydrogen) atoms. The van der Waals surface area contributed by atoms with Gasteiger partial charge in [-0.2, -0.15) is 0 Å². The van der Waals surface area contributed by atoms with Crippen molar-refractivity contribution in [3.05, 3.63) is 40.2 Å². The van der Waals surface area contributed by atoms with Gasteiger partial charge in [0.05, 0.1) is 0 Å². The first-order valence-corrected chi connectivity index (χ1v) is 12.1. The summed E-state index contributed by atoms with van der Waals surface area (Å²) in [5.74, 6) is -2.27. The number of aliphatic carboxylic acids is 1. The average molecular weight is 561 g/mol. The number of nitrogens with two attached hydrogens (primary N) is 1. The van der Waals surface area contributed by atoms with E-state index in [1.54, 1.807) is 0 Å². The number of anilines is 1. The van der Waals surface area contributed by atoms with Crippen molar-refractivity contribution < 1.29 is 67.8 Å². The number of carbonyl (C=O) groups excluding carboxylic acids is 1. The molecule has 2 aliphatic heterocycles. The number of fused-ring (bicyclic) bond motifs is 1. The Morgan fingerprint density at radius 1 is 1.49 bits per heavy atom. The summed E-state index contributed by atoms with van der Waals surface area (Å²) in [6.45, 7) is -0.863. The number of rotatable bonds is 10. The van der Waals surface area contributed by atoms with Crippen LogP contribution in [0.2, 0.25) is 0 Å². The molecule has 0 aliphatic carbocycles. The second-order valence-corrected chi connectivity index (χ2v) is 9.09. The largest absolute Gasteiger partial charge is 1.00 e. The number of halogens is 1. The zero-order valence-corrected chi connectivity index (χ0v) is 23.1. The molecule has 13 nitrogen and oxygen atoms in total. The molecule has 0 radical (unpaired) electrons. The van der Waals surface area contributed by atoms with Crippen LogP contribution in [-0.2, 0) is 14.4 Å². The molecule has 2 aromatic heterocycles. The van der Waals surface area contributed by atoms with Gasteiger partial charge in [0.1, 0.15) is 42.9 Å². The summed E-state index contributed by atoms with van der Waals surface area (Å²) >= 11 is 2.33. The molecule has 17 heteroatoms. The number of aromatic nitrogens is 2. The SMILES string of the molecule is CO/N=C(\C([O-])=NC1C(=O)N2C(C(=O)O)=C(/C=C/c3cc(OCCF)no3)CSC12)c1csc(N)n1.[Na+]. The molecule has 0 spiro atoms. The number of hydrogen-bond acceptors (Lipinski definition) is 13. The zero-order valence-electron chi connectivity index (χ0n) is 19.5. The van der Waals surface area contributed by atoms with Crippen LogP contribution in [-0.4, -0.2) is 81.2 Å². The van der Waals surface area contributed by atoms with Crippen LogP contribution >= 0.6 is 23.1 Å². The summed E-state index contributed by atoms with van der Waals surface area (Å²) in [4.78, 5) is 38.6. The second kappa shape index (κ2) is 12.6. The van der Waals surface area contributed by atoms with Gasteiger partial charge in [0.15, 0.2) is 16.9 Å². The Balaban J connectivity index is 0.00000380. The van der Waals surface area contributed by atoms with Crippen LogP contribution in [0.5, 0.6) is 5.88 Å². The number of ether oxygens (including phenoxy) is 1. The quantitative estimate of drug-likeness (QED) is 0.103. The van der Waals surface area contributed by atoms with Gasteiger partial charge in [0, 0.05) is 23.1 Å². The molecule has 4 heterocycles. The number of carbonyl (C=O) groups is 2. The van der Waals surface area contributed by atoms with Gasteiger partial charge in [-0.25, -0.2) is 14.2 Å². The van der Waals surface area contributed by atoms with Gasteiger partial charge in [0.2, 0.25) is 0 Å². The molecule has 0 aromatic carbocycles. The number of thioether (sulfide) groups is 1. The Labute approximate surface area is 239 Å². The van der Waals surface area contributed by atoms with Gasteiger partial charge in [-0.3, -0.25) is 14.7 Å². The molecule has 2 aromatic rings. The zero-order chi connectivity index (χ0) is 25.8. The first-order chi connectivity index (χ1) is 17.3. The molecule has 3 N–H and O–H groups in total. The maximum absolute atomic E-state index is 12.9. The van der Waals surface area contributed by atoms with Crippen LogP contribution < -0.4 is 45.1 Å². The molecule has 2 aliphatic rings. The van der Waals surface area contributed by atoms with E-state index < -0.39 is 35.9 Å². The third kappa shape index (κ3) is 6.15. The Kier molecular flexibility index (Phi) is 9.72. The molecule has 2 unspecified atom stereocenters. The molecule has 4 rings (SSSR count). The van der Waals surface area contributed by atoms with Gasteiger partial charge in [-0.05, 0) is 16.8 Å². The summed E-state index contributed by atoms with van der Waals surface area (Å²) in [6, 6.07) is 0.306. The number of amides is 1. The molecule has 0 saturated carbocycles. The van der Waals surface area contributed by atoms with Crippen molar-refractivity contribution in [2.24, 2.45) is 10.1 Å². The summed E-state index contributed by atoms with van der Waals surface area (Å²) in [6.07, 6.45) is 2.93. The van der Waals surface area contributed by atoms with Gasteiger partial charge < -0.3 is 30.0 Å². The van der Waals surface area contributed by atoms with Crippen molar-refractivity contribution in [3.8, 4) is 5.88 Å². The van der Waals surface area contributed by atoms with Crippen LogP contribution in [0, 0.1) is 0 Å². The third-order valence-electron chi connectivity index (χ3n) is 4.86. The molecule has 2 atom stereocenters. The number of nitrogen functional groups attached to an aromatic ring is 1. The number of allylic oxidation sites excluding steroid dienone is 1. The molecular weight excluding hydrogens is 542 g/mol. The number of carboxylic acid groups (broad SMARTS) is 1. The number of β-lactam (4-membered cyclic amide) rings is 1. The summed E-state index contributed by atoms with van der Waals surface area (Å²) in [5.41, 5.74) is 5.64. The molecule has 1 fully saturated rings. The number of carboxylic acids is 1. The molecule has 0 bridgehead atoms. The molecule has 190 valence electrons.